The Bertz CT molecular complexity index is 820. The molecule has 0 radical (unpaired) electrons. The summed E-state index contributed by atoms with van der Waals surface area (Å²) in [6.07, 6.45) is 0. The van der Waals surface area contributed by atoms with Crippen LogP contribution in [-0.4, -0.2) is 28.5 Å². The molecule has 2 N–H and O–H groups in total. The summed E-state index contributed by atoms with van der Waals surface area (Å²) in [4.78, 5) is 12.2. The van der Waals surface area contributed by atoms with Crippen LogP contribution in [0.3, 0.4) is 0 Å². The molecule has 8 heteroatoms. The number of nitrogens with one attached hydrogen (secondary N) is 2. The van der Waals surface area contributed by atoms with Gasteiger partial charge in [-0.25, -0.2) is 13.1 Å². The number of rotatable bonds is 5. The lowest BCUT2D eigenvalue weighted by atomic mass is 10.2. The Morgan fingerprint density at radius 3 is 2.30 bits per heavy atom. The molecule has 6 nitrogen and oxygen atoms in total. The minimum atomic E-state index is -3.53. The quantitative estimate of drug-likeness (QED) is 0.864. The third-order valence-electron chi connectivity index (χ3n) is 3.11. The first kappa shape index (κ1) is 17.3. The van der Waals surface area contributed by atoms with Crippen molar-refractivity contribution in [3.8, 4) is 5.75 Å². The average Bonchev–Trinajstić information content (AvgIpc) is 2.55. The molecule has 0 heterocycles. The number of benzene rings is 2. The summed E-state index contributed by atoms with van der Waals surface area (Å²) in [6, 6.07) is 10.5. The first-order chi connectivity index (χ1) is 10.9. The van der Waals surface area contributed by atoms with Crippen LogP contribution in [0.15, 0.2) is 47.4 Å². The first-order valence-corrected chi connectivity index (χ1v) is 8.42. The summed E-state index contributed by atoms with van der Waals surface area (Å²) in [6.45, 7) is 0. The number of amides is 1. The number of hydrogen-bond donors (Lipinski definition) is 2. The predicted octanol–water partition coefficient (Wildman–Crippen LogP) is 2.51. The Hall–Kier alpha value is -2.09. The number of hydrogen-bond acceptors (Lipinski definition) is 4. The zero-order valence-corrected chi connectivity index (χ0v) is 14.0. The lowest BCUT2D eigenvalue weighted by Gasteiger charge is -2.08. The second kappa shape index (κ2) is 6.99. The van der Waals surface area contributed by atoms with Gasteiger partial charge in [-0.05, 0) is 49.5 Å². The fraction of sp³-hybridized carbons (Fsp3) is 0.133. The highest BCUT2D eigenvalue weighted by Gasteiger charge is 2.13. The zero-order valence-electron chi connectivity index (χ0n) is 12.5. The SMILES string of the molecule is CNS(=O)(=O)c1ccc(C(=O)Nc2ccc(OC)c(Cl)c2)cc1. The summed E-state index contributed by atoms with van der Waals surface area (Å²) in [5.41, 5.74) is 0.833. The maximum Gasteiger partial charge on any atom is 0.255 e. The molecule has 2 rings (SSSR count). The third-order valence-corrected chi connectivity index (χ3v) is 4.83. The summed E-state index contributed by atoms with van der Waals surface area (Å²) < 4.78 is 30.5. The molecule has 23 heavy (non-hydrogen) atoms. The van der Waals surface area contributed by atoms with Crippen molar-refractivity contribution < 1.29 is 17.9 Å². The number of sulfonamides is 1. The molecular weight excluding hydrogens is 340 g/mol. The average molecular weight is 355 g/mol. The Morgan fingerprint density at radius 1 is 1.13 bits per heavy atom. The van der Waals surface area contributed by atoms with Crippen LogP contribution < -0.4 is 14.8 Å². The van der Waals surface area contributed by atoms with Crippen molar-refractivity contribution in [1.29, 1.82) is 0 Å². The number of halogens is 1. The molecule has 0 saturated heterocycles. The zero-order chi connectivity index (χ0) is 17.0. The summed E-state index contributed by atoms with van der Waals surface area (Å²) in [5, 5.41) is 3.05. The van der Waals surface area contributed by atoms with Gasteiger partial charge in [-0.2, -0.15) is 0 Å². The van der Waals surface area contributed by atoms with Crippen LogP contribution in [0.4, 0.5) is 5.69 Å². The Balaban J connectivity index is 2.16. The summed E-state index contributed by atoms with van der Waals surface area (Å²) in [5.74, 6) is 0.130. The molecule has 0 aromatic heterocycles. The van der Waals surface area contributed by atoms with E-state index in [4.69, 9.17) is 16.3 Å². The standard InChI is InChI=1S/C15H15ClN2O4S/c1-17-23(20,21)12-6-3-10(4-7-12)15(19)18-11-5-8-14(22-2)13(16)9-11/h3-9,17H,1-2H3,(H,18,19). The fourth-order valence-electron chi connectivity index (χ4n) is 1.85. The van der Waals surface area contributed by atoms with Crippen LogP contribution in [0.1, 0.15) is 10.4 Å². The van der Waals surface area contributed by atoms with E-state index in [1.165, 1.54) is 38.4 Å². The highest BCUT2D eigenvalue weighted by atomic mass is 35.5. The van der Waals surface area contributed by atoms with Crippen molar-refractivity contribution in [3.63, 3.8) is 0 Å². The second-order valence-corrected chi connectivity index (χ2v) is 6.83. The molecule has 0 aliphatic heterocycles. The normalized spacial score (nSPS) is 11.1. The van der Waals surface area contributed by atoms with Crippen LogP contribution in [-0.2, 0) is 10.0 Å². The number of carbonyl (C=O) groups excluding carboxylic acids is 1. The maximum absolute atomic E-state index is 12.2. The highest BCUT2D eigenvalue weighted by Crippen LogP contribution is 2.27. The van der Waals surface area contributed by atoms with Gasteiger partial charge in [0.05, 0.1) is 17.0 Å². The van der Waals surface area contributed by atoms with Gasteiger partial charge in [-0.1, -0.05) is 11.6 Å². The third kappa shape index (κ3) is 4.01. The van der Waals surface area contributed by atoms with Crippen LogP contribution >= 0.6 is 11.6 Å². The molecule has 0 bridgehead atoms. The topological polar surface area (TPSA) is 84.5 Å². The lowest BCUT2D eigenvalue weighted by molar-refractivity contribution is 0.102. The van der Waals surface area contributed by atoms with E-state index in [0.29, 0.717) is 22.0 Å². The van der Waals surface area contributed by atoms with Gasteiger partial charge in [0.15, 0.2) is 0 Å². The van der Waals surface area contributed by atoms with E-state index in [0.717, 1.165) is 0 Å². The molecule has 0 spiro atoms. The van der Waals surface area contributed by atoms with Crippen molar-refractivity contribution >= 4 is 33.2 Å². The van der Waals surface area contributed by atoms with Gasteiger partial charge >= 0.3 is 0 Å². The van der Waals surface area contributed by atoms with Crippen molar-refractivity contribution in [2.24, 2.45) is 0 Å². The number of ether oxygens (including phenoxy) is 1. The molecule has 2 aromatic carbocycles. The molecule has 0 atom stereocenters. The van der Waals surface area contributed by atoms with E-state index in [-0.39, 0.29) is 10.8 Å². The van der Waals surface area contributed by atoms with Gasteiger partial charge in [-0.3, -0.25) is 4.79 Å². The van der Waals surface area contributed by atoms with Gasteiger partial charge in [-0.15, -0.1) is 0 Å². The largest absolute Gasteiger partial charge is 0.495 e. The first-order valence-electron chi connectivity index (χ1n) is 6.56. The van der Waals surface area contributed by atoms with E-state index in [2.05, 4.69) is 10.0 Å². The molecule has 0 fully saturated rings. The minimum absolute atomic E-state index is 0.0871. The highest BCUT2D eigenvalue weighted by molar-refractivity contribution is 7.89. The van der Waals surface area contributed by atoms with E-state index in [9.17, 15) is 13.2 Å². The molecule has 0 unspecified atom stereocenters. The molecule has 2 aromatic rings. The van der Waals surface area contributed by atoms with Crippen molar-refractivity contribution in [3.05, 3.63) is 53.1 Å². The molecule has 0 aliphatic carbocycles. The monoisotopic (exact) mass is 354 g/mol. The molecule has 122 valence electrons. The molecule has 0 saturated carbocycles. The molecular formula is C15H15ClN2O4S. The van der Waals surface area contributed by atoms with Gasteiger partial charge in [0, 0.05) is 11.3 Å². The fourth-order valence-corrected chi connectivity index (χ4v) is 2.84. The van der Waals surface area contributed by atoms with E-state index in [1.807, 2.05) is 0 Å². The van der Waals surface area contributed by atoms with Crippen LogP contribution in [0.2, 0.25) is 5.02 Å². The van der Waals surface area contributed by atoms with Crippen LogP contribution in [0, 0.1) is 0 Å². The van der Waals surface area contributed by atoms with E-state index < -0.39 is 10.0 Å². The van der Waals surface area contributed by atoms with Crippen molar-refractivity contribution in [1.82, 2.24) is 4.72 Å². The summed E-state index contributed by atoms with van der Waals surface area (Å²) in [7, 11) is -0.703. The molecule has 0 aliphatic rings. The van der Waals surface area contributed by atoms with Gasteiger partial charge in [0.25, 0.3) is 5.91 Å². The molecule has 1 amide bonds. The van der Waals surface area contributed by atoms with Gasteiger partial charge in [0.2, 0.25) is 10.0 Å². The Kier molecular flexibility index (Phi) is 5.25. The minimum Gasteiger partial charge on any atom is -0.495 e. The smallest absolute Gasteiger partial charge is 0.255 e. The van der Waals surface area contributed by atoms with Crippen LogP contribution in [0.5, 0.6) is 5.75 Å². The number of anilines is 1. The number of methoxy groups -OCH3 is 1. The Morgan fingerprint density at radius 2 is 1.78 bits per heavy atom. The number of carbonyl (C=O) groups is 1. The predicted molar refractivity (Wildman–Crippen MR) is 88.6 cm³/mol. The second-order valence-electron chi connectivity index (χ2n) is 4.54. The van der Waals surface area contributed by atoms with Gasteiger partial charge < -0.3 is 10.1 Å². The lowest BCUT2D eigenvalue weighted by Crippen LogP contribution is -2.19. The van der Waals surface area contributed by atoms with Gasteiger partial charge in [0.1, 0.15) is 5.75 Å². The maximum atomic E-state index is 12.2. The summed E-state index contributed by atoms with van der Waals surface area (Å²) >= 11 is 6.00. The van der Waals surface area contributed by atoms with Crippen molar-refractivity contribution in [2.75, 3.05) is 19.5 Å². The van der Waals surface area contributed by atoms with E-state index >= 15 is 0 Å². The van der Waals surface area contributed by atoms with Crippen molar-refractivity contribution in [2.45, 2.75) is 4.90 Å². The van der Waals surface area contributed by atoms with Crippen LogP contribution in [0.25, 0.3) is 0 Å². The van der Waals surface area contributed by atoms with E-state index in [1.54, 1.807) is 18.2 Å². The Labute approximate surface area is 139 Å².